The Morgan fingerprint density at radius 1 is 1.17 bits per heavy atom. The second kappa shape index (κ2) is 7.04. The van der Waals surface area contributed by atoms with E-state index in [2.05, 4.69) is 4.98 Å². The van der Waals surface area contributed by atoms with Gasteiger partial charge in [-0.1, -0.05) is 24.3 Å². The Labute approximate surface area is 173 Å². The number of fused-ring (bicyclic) bond motifs is 2. The lowest BCUT2D eigenvalue weighted by atomic mass is 9.93. The first kappa shape index (κ1) is 19.0. The molecule has 7 nitrogen and oxygen atoms in total. The smallest absolute Gasteiger partial charge is 0.329 e. The molecule has 0 radical (unpaired) electrons. The van der Waals surface area contributed by atoms with Gasteiger partial charge in [-0.05, 0) is 30.9 Å². The summed E-state index contributed by atoms with van der Waals surface area (Å²) in [5, 5.41) is 12.6. The summed E-state index contributed by atoms with van der Waals surface area (Å²) < 4.78 is 8.85. The van der Waals surface area contributed by atoms with Gasteiger partial charge < -0.3 is 9.84 Å². The molecule has 0 bridgehead atoms. The van der Waals surface area contributed by atoms with Crippen LogP contribution in [0.1, 0.15) is 31.1 Å². The Kier molecular flexibility index (Phi) is 4.45. The van der Waals surface area contributed by atoms with Crippen molar-refractivity contribution in [1.82, 2.24) is 19.1 Å². The van der Waals surface area contributed by atoms with Crippen molar-refractivity contribution in [1.29, 1.82) is 0 Å². The molecular weight excluding hydrogens is 380 g/mol. The monoisotopic (exact) mass is 404 g/mol. The standard InChI is InChI=1S/C23H24N4O3/c1-23(2,29)9-18-17-6-4-3-5-15(17)10-25-19(18)12-26-21-11-24-8-7-20(21)27(22(26)28)16-13-30-14-16/h3-8,10-11,16,29H,9,12-14H2,1-2H3. The van der Waals surface area contributed by atoms with Gasteiger partial charge in [0.15, 0.2) is 0 Å². The number of hydrogen-bond donors (Lipinski definition) is 1. The third-order valence-corrected chi connectivity index (χ3v) is 5.66. The Hall–Kier alpha value is -3.03. The zero-order valence-corrected chi connectivity index (χ0v) is 17.1. The number of nitrogens with zero attached hydrogens (tertiary/aromatic N) is 4. The highest BCUT2D eigenvalue weighted by Crippen LogP contribution is 2.27. The highest BCUT2D eigenvalue weighted by Gasteiger charge is 2.27. The zero-order valence-electron chi connectivity index (χ0n) is 17.1. The summed E-state index contributed by atoms with van der Waals surface area (Å²) in [4.78, 5) is 22.3. The third-order valence-electron chi connectivity index (χ3n) is 5.66. The third kappa shape index (κ3) is 3.20. The van der Waals surface area contributed by atoms with Crippen molar-refractivity contribution < 1.29 is 9.84 Å². The molecule has 1 aliphatic rings. The average Bonchev–Trinajstić information content (AvgIpc) is 2.94. The predicted molar refractivity (Wildman–Crippen MR) is 115 cm³/mol. The number of ether oxygens (including phenoxy) is 1. The first-order chi connectivity index (χ1) is 14.4. The summed E-state index contributed by atoms with van der Waals surface area (Å²) in [6, 6.07) is 9.93. The Bertz CT molecular complexity index is 1300. The van der Waals surface area contributed by atoms with Crippen LogP contribution in [0, 0.1) is 0 Å². The molecule has 0 atom stereocenters. The molecule has 5 rings (SSSR count). The molecule has 0 amide bonds. The first-order valence-corrected chi connectivity index (χ1v) is 10.1. The Morgan fingerprint density at radius 3 is 2.70 bits per heavy atom. The second-order valence-corrected chi connectivity index (χ2v) is 8.55. The van der Waals surface area contributed by atoms with Gasteiger partial charge >= 0.3 is 5.69 Å². The van der Waals surface area contributed by atoms with E-state index in [1.807, 2.05) is 36.5 Å². The van der Waals surface area contributed by atoms with E-state index in [9.17, 15) is 9.90 Å². The normalized spacial score (nSPS) is 15.0. The molecule has 1 saturated heterocycles. The molecule has 0 unspecified atom stereocenters. The maximum Gasteiger partial charge on any atom is 0.329 e. The van der Waals surface area contributed by atoms with Crippen molar-refractivity contribution in [3.8, 4) is 0 Å². The number of rotatable bonds is 5. The van der Waals surface area contributed by atoms with E-state index < -0.39 is 5.60 Å². The average molecular weight is 404 g/mol. The molecule has 0 saturated carbocycles. The van der Waals surface area contributed by atoms with E-state index in [-0.39, 0.29) is 11.7 Å². The fraction of sp³-hybridized carbons (Fsp3) is 0.348. The maximum absolute atomic E-state index is 13.4. The van der Waals surface area contributed by atoms with Gasteiger partial charge in [0.2, 0.25) is 0 Å². The van der Waals surface area contributed by atoms with Crippen molar-refractivity contribution in [3.63, 3.8) is 0 Å². The number of pyridine rings is 2. The van der Waals surface area contributed by atoms with Crippen LogP contribution in [-0.2, 0) is 17.7 Å². The highest BCUT2D eigenvalue weighted by molar-refractivity contribution is 5.85. The maximum atomic E-state index is 13.4. The van der Waals surface area contributed by atoms with Crippen LogP contribution in [0.15, 0.2) is 53.7 Å². The van der Waals surface area contributed by atoms with E-state index in [0.717, 1.165) is 33.1 Å². The fourth-order valence-electron chi connectivity index (χ4n) is 4.19. The van der Waals surface area contributed by atoms with Gasteiger partial charge in [-0.3, -0.25) is 19.1 Å². The quantitative estimate of drug-likeness (QED) is 0.553. The Balaban J connectivity index is 1.68. The van der Waals surface area contributed by atoms with Crippen molar-refractivity contribution in [3.05, 3.63) is 70.7 Å². The summed E-state index contributed by atoms with van der Waals surface area (Å²) in [6.07, 6.45) is 5.71. The van der Waals surface area contributed by atoms with E-state index in [4.69, 9.17) is 9.72 Å². The second-order valence-electron chi connectivity index (χ2n) is 8.55. The van der Waals surface area contributed by atoms with Crippen LogP contribution in [0.25, 0.3) is 21.8 Å². The van der Waals surface area contributed by atoms with E-state index in [1.165, 1.54) is 0 Å². The van der Waals surface area contributed by atoms with Gasteiger partial charge in [-0.25, -0.2) is 4.79 Å². The lowest BCUT2D eigenvalue weighted by molar-refractivity contribution is -0.0231. The predicted octanol–water partition coefficient (Wildman–Crippen LogP) is 2.68. The van der Waals surface area contributed by atoms with Crippen LogP contribution in [0.4, 0.5) is 0 Å². The molecular formula is C23H24N4O3. The minimum absolute atomic E-state index is 0.0454. The Morgan fingerprint density at radius 2 is 1.97 bits per heavy atom. The minimum Gasteiger partial charge on any atom is -0.390 e. The summed E-state index contributed by atoms with van der Waals surface area (Å²) in [5.41, 5.74) is 2.39. The molecule has 30 heavy (non-hydrogen) atoms. The minimum atomic E-state index is -0.898. The highest BCUT2D eigenvalue weighted by atomic mass is 16.5. The number of benzene rings is 1. The molecule has 154 valence electrons. The van der Waals surface area contributed by atoms with Crippen LogP contribution >= 0.6 is 0 Å². The van der Waals surface area contributed by atoms with E-state index in [0.29, 0.717) is 26.2 Å². The zero-order chi connectivity index (χ0) is 20.9. The molecule has 3 aromatic heterocycles. The summed E-state index contributed by atoms with van der Waals surface area (Å²) >= 11 is 0. The lowest BCUT2D eigenvalue weighted by Gasteiger charge is -2.27. The van der Waals surface area contributed by atoms with Crippen LogP contribution in [0.2, 0.25) is 0 Å². The van der Waals surface area contributed by atoms with Crippen molar-refractivity contribution >= 4 is 21.8 Å². The molecule has 4 aromatic rings. The number of imidazole rings is 1. The van der Waals surface area contributed by atoms with Crippen molar-refractivity contribution in [2.45, 2.75) is 38.5 Å². The van der Waals surface area contributed by atoms with Gasteiger partial charge in [0, 0.05) is 24.2 Å². The van der Waals surface area contributed by atoms with E-state index >= 15 is 0 Å². The fourth-order valence-corrected chi connectivity index (χ4v) is 4.19. The first-order valence-electron chi connectivity index (χ1n) is 10.1. The van der Waals surface area contributed by atoms with Crippen molar-refractivity contribution in [2.24, 2.45) is 0 Å². The molecule has 0 aliphatic carbocycles. The number of aliphatic hydroxyl groups is 1. The molecule has 4 heterocycles. The van der Waals surface area contributed by atoms with Crippen LogP contribution < -0.4 is 5.69 Å². The summed E-state index contributed by atoms with van der Waals surface area (Å²) in [7, 11) is 0. The van der Waals surface area contributed by atoms with Gasteiger partial charge in [-0.15, -0.1) is 0 Å². The molecule has 7 heteroatoms. The molecule has 1 aromatic carbocycles. The van der Waals surface area contributed by atoms with Crippen LogP contribution in [-0.4, -0.2) is 43.0 Å². The van der Waals surface area contributed by atoms with Gasteiger partial charge in [0.05, 0.1) is 54.3 Å². The van der Waals surface area contributed by atoms with Crippen molar-refractivity contribution in [2.75, 3.05) is 13.2 Å². The summed E-state index contributed by atoms with van der Waals surface area (Å²) in [5.74, 6) is 0. The van der Waals surface area contributed by atoms with Gasteiger partial charge in [0.1, 0.15) is 0 Å². The number of aromatic nitrogens is 4. The molecule has 0 spiro atoms. The van der Waals surface area contributed by atoms with Gasteiger partial charge in [0.25, 0.3) is 0 Å². The van der Waals surface area contributed by atoms with Crippen LogP contribution in [0.5, 0.6) is 0 Å². The SMILES string of the molecule is CC(C)(O)Cc1c(Cn2c(=O)n(C3COC3)c3ccncc32)ncc2ccccc12. The topological polar surface area (TPSA) is 82.2 Å². The lowest BCUT2D eigenvalue weighted by Crippen LogP contribution is -2.38. The molecule has 1 N–H and O–H groups in total. The van der Waals surface area contributed by atoms with E-state index in [1.54, 1.807) is 35.4 Å². The molecule has 1 fully saturated rings. The van der Waals surface area contributed by atoms with Crippen LogP contribution in [0.3, 0.4) is 0 Å². The van der Waals surface area contributed by atoms with Gasteiger partial charge in [-0.2, -0.15) is 0 Å². The molecule has 1 aliphatic heterocycles. The number of hydrogen-bond acceptors (Lipinski definition) is 5. The summed E-state index contributed by atoms with van der Waals surface area (Å²) in [6.45, 7) is 4.98. The largest absolute Gasteiger partial charge is 0.390 e.